The second kappa shape index (κ2) is 10.2. The average molecular weight is 503 g/mol. The molecule has 1 amide bonds. The molecule has 3 heterocycles. The van der Waals surface area contributed by atoms with Gasteiger partial charge in [-0.3, -0.25) is 4.79 Å². The molecule has 3 aromatic rings. The summed E-state index contributed by atoms with van der Waals surface area (Å²) >= 11 is 0. The van der Waals surface area contributed by atoms with E-state index in [1.807, 2.05) is 54.3 Å². The Morgan fingerprint density at radius 3 is 2.41 bits per heavy atom. The zero-order valence-electron chi connectivity index (χ0n) is 21.4. The van der Waals surface area contributed by atoms with Gasteiger partial charge in [-0.15, -0.1) is 0 Å². The Hall–Kier alpha value is -2.80. The summed E-state index contributed by atoms with van der Waals surface area (Å²) in [5.74, 6) is 0.0971. The predicted octanol–water partition coefficient (Wildman–Crippen LogP) is 5.31. The smallest absolute Gasteiger partial charge is 0.254 e. The number of amides is 1. The Labute approximate surface area is 218 Å². The van der Waals surface area contributed by atoms with E-state index >= 15 is 0 Å². The van der Waals surface area contributed by atoms with Crippen LogP contribution in [0.5, 0.6) is 0 Å². The van der Waals surface area contributed by atoms with Crippen LogP contribution in [0, 0.1) is 17.7 Å². The average Bonchev–Trinajstić information content (AvgIpc) is 3.56. The maximum Gasteiger partial charge on any atom is 0.254 e. The number of carbonyl (C=O) groups is 1. The van der Waals surface area contributed by atoms with Gasteiger partial charge in [0.25, 0.3) is 5.91 Å². The number of hydrogen-bond acceptors (Lipinski definition) is 4. The molecular weight excluding hydrogens is 467 g/mol. The van der Waals surface area contributed by atoms with Crippen LogP contribution in [0.15, 0.2) is 66.7 Å². The van der Waals surface area contributed by atoms with Gasteiger partial charge in [-0.05, 0) is 79.2 Å². The Morgan fingerprint density at radius 2 is 1.65 bits per heavy atom. The largest absolute Gasteiger partial charge is 0.347 e. The molecule has 6 heteroatoms. The second-order valence-corrected chi connectivity index (χ2v) is 10.9. The summed E-state index contributed by atoms with van der Waals surface area (Å²) in [7, 11) is 0. The van der Waals surface area contributed by atoms with Crippen molar-refractivity contribution in [1.82, 2.24) is 9.80 Å². The summed E-state index contributed by atoms with van der Waals surface area (Å²) in [6.07, 6.45) is 2.12. The minimum atomic E-state index is -0.662. The van der Waals surface area contributed by atoms with Crippen LogP contribution in [0.25, 0.3) is 10.8 Å². The van der Waals surface area contributed by atoms with Gasteiger partial charge in [-0.25, -0.2) is 4.39 Å². The molecule has 0 saturated carbocycles. The number of carbonyl (C=O) groups excluding carboxylic acids is 1. The lowest BCUT2D eigenvalue weighted by Crippen LogP contribution is -2.45. The molecule has 3 aliphatic rings. The summed E-state index contributed by atoms with van der Waals surface area (Å²) < 4.78 is 25.6. The molecule has 0 radical (unpaired) electrons. The van der Waals surface area contributed by atoms with Crippen molar-refractivity contribution < 1.29 is 18.7 Å². The van der Waals surface area contributed by atoms with Gasteiger partial charge in [0.15, 0.2) is 5.79 Å². The molecule has 3 fully saturated rings. The van der Waals surface area contributed by atoms with E-state index in [-0.39, 0.29) is 23.6 Å². The molecule has 6 rings (SSSR count). The fraction of sp³-hybridized carbons (Fsp3) is 0.452. The van der Waals surface area contributed by atoms with Gasteiger partial charge in [-0.1, -0.05) is 48.5 Å². The van der Waals surface area contributed by atoms with Crippen LogP contribution >= 0.6 is 0 Å². The summed E-state index contributed by atoms with van der Waals surface area (Å²) in [6.45, 7) is 7.50. The number of rotatable bonds is 5. The van der Waals surface area contributed by atoms with E-state index in [1.54, 1.807) is 12.1 Å². The van der Waals surface area contributed by atoms with Crippen LogP contribution in [-0.4, -0.2) is 67.4 Å². The van der Waals surface area contributed by atoms with Gasteiger partial charge in [0, 0.05) is 31.1 Å². The van der Waals surface area contributed by atoms with Crippen molar-refractivity contribution in [2.75, 3.05) is 45.9 Å². The highest BCUT2D eigenvalue weighted by molar-refractivity contribution is 6.07. The van der Waals surface area contributed by atoms with E-state index in [0.717, 1.165) is 48.8 Å². The predicted molar refractivity (Wildman–Crippen MR) is 142 cm³/mol. The van der Waals surface area contributed by atoms with E-state index in [9.17, 15) is 9.18 Å². The van der Waals surface area contributed by atoms with Crippen LogP contribution in [0.3, 0.4) is 0 Å². The highest BCUT2D eigenvalue weighted by Gasteiger charge is 2.50. The minimum absolute atomic E-state index is 0.0842. The van der Waals surface area contributed by atoms with E-state index < -0.39 is 5.79 Å². The molecule has 0 N–H and O–H groups in total. The summed E-state index contributed by atoms with van der Waals surface area (Å²) in [5.41, 5.74) is 1.99. The lowest BCUT2D eigenvalue weighted by molar-refractivity contribution is -0.187. The van der Waals surface area contributed by atoms with E-state index in [0.29, 0.717) is 32.2 Å². The summed E-state index contributed by atoms with van der Waals surface area (Å²) in [4.78, 5) is 18.3. The minimum Gasteiger partial charge on any atom is -0.347 e. The Morgan fingerprint density at radius 1 is 0.946 bits per heavy atom. The molecule has 0 bridgehead atoms. The Kier molecular flexibility index (Phi) is 6.74. The first-order valence-electron chi connectivity index (χ1n) is 13.5. The van der Waals surface area contributed by atoms with E-state index in [1.165, 1.54) is 5.56 Å². The quantitative estimate of drug-likeness (QED) is 0.474. The van der Waals surface area contributed by atoms with Gasteiger partial charge in [0.1, 0.15) is 5.82 Å². The zero-order chi connectivity index (χ0) is 25.4. The summed E-state index contributed by atoms with van der Waals surface area (Å²) in [5, 5.41) is 2.08. The van der Waals surface area contributed by atoms with Gasteiger partial charge in [0.2, 0.25) is 0 Å². The van der Waals surface area contributed by atoms with Crippen LogP contribution in [0.1, 0.15) is 41.6 Å². The van der Waals surface area contributed by atoms with Gasteiger partial charge < -0.3 is 19.3 Å². The lowest BCUT2D eigenvalue weighted by Gasteiger charge is -2.37. The van der Waals surface area contributed by atoms with Gasteiger partial charge in [-0.2, -0.15) is 0 Å². The second-order valence-electron chi connectivity index (χ2n) is 10.9. The van der Waals surface area contributed by atoms with Crippen LogP contribution in [-0.2, 0) is 9.47 Å². The van der Waals surface area contributed by atoms with Crippen LogP contribution < -0.4 is 0 Å². The molecule has 0 spiro atoms. The number of ether oxygens (including phenoxy) is 2. The van der Waals surface area contributed by atoms with Crippen molar-refractivity contribution >= 4 is 16.7 Å². The van der Waals surface area contributed by atoms with Crippen molar-refractivity contribution in [1.29, 1.82) is 0 Å². The Balaban J connectivity index is 1.17. The topological polar surface area (TPSA) is 42.0 Å². The van der Waals surface area contributed by atoms with Crippen LogP contribution in [0.4, 0.5) is 4.39 Å². The molecule has 0 aromatic heterocycles. The molecule has 37 heavy (non-hydrogen) atoms. The van der Waals surface area contributed by atoms with Gasteiger partial charge >= 0.3 is 0 Å². The molecule has 3 aromatic carbocycles. The SMILES string of the molecule is CC1([C@@H]2CN(C(=O)c3cccc4ccccc34)CC2CN2CCC(c3ccc(F)cc3)CC2)OCCO1. The molecule has 194 valence electrons. The standard InChI is InChI=1S/C31H35FN2O3/c1-31(36-17-18-37-31)29-21-34(30(35)28-8-4-6-24-5-2-3-7-27(24)28)20-25(29)19-33-15-13-23(14-16-33)22-9-11-26(32)12-10-22/h2-12,23,25,29H,13-21H2,1H3/t25?,29-/m1/s1. The zero-order valence-corrected chi connectivity index (χ0v) is 21.4. The lowest BCUT2D eigenvalue weighted by atomic mass is 9.86. The number of halogens is 1. The summed E-state index contributed by atoms with van der Waals surface area (Å²) in [6, 6.07) is 21.0. The van der Waals surface area contributed by atoms with Crippen molar-refractivity contribution in [3.8, 4) is 0 Å². The fourth-order valence-corrected chi connectivity index (χ4v) is 6.66. The maximum atomic E-state index is 13.8. The highest BCUT2D eigenvalue weighted by atomic mass is 19.1. The number of nitrogens with zero attached hydrogens (tertiary/aromatic N) is 2. The third-order valence-corrected chi connectivity index (χ3v) is 8.70. The number of piperidine rings is 1. The van der Waals surface area contributed by atoms with E-state index in [4.69, 9.17) is 9.47 Å². The number of benzene rings is 3. The number of hydrogen-bond donors (Lipinski definition) is 0. The Bertz CT molecular complexity index is 1240. The molecule has 2 atom stereocenters. The first-order chi connectivity index (χ1) is 18.0. The maximum absolute atomic E-state index is 13.8. The normalized spacial score (nSPS) is 24.6. The van der Waals surface area contributed by atoms with Crippen LogP contribution in [0.2, 0.25) is 0 Å². The van der Waals surface area contributed by atoms with Crippen molar-refractivity contribution in [3.05, 3.63) is 83.7 Å². The third kappa shape index (κ3) is 4.90. The van der Waals surface area contributed by atoms with Gasteiger partial charge in [0.05, 0.1) is 13.2 Å². The molecule has 5 nitrogen and oxygen atoms in total. The van der Waals surface area contributed by atoms with Crippen molar-refractivity contribution in [3.63, 3.8) is 0 Å². The number of fused-ring (bicyclic) bond motifs is 1. The molecule has 0 aliphatic carbocycles. The molecule has 1 unspecified atom stereocenters. The highest BCUT2D eigenvalue weighted by Crippen LogP contribution is 2.40. The molecule has 3 aliphatic heterocycles. The molecular formula is C31H35FN2O3. The number of likely N-dealkylation sites (tertiary alicyclic amines) is 2. The first kappa shape index (κ1) is 24.5. The molecule has 3 saturated heterocycles. The monoisotopic (exact) mass is 502 g/mol. The van der Waals surface area contributed by atoms with Crippen molar-refractivity contribution in [2.24, 2.45) is 11.8 Å². The van der Waals surface area contributed by atoms with E-state index in [2.05, 4.69) is 17.0 Å². The van der Waals surface area contributed by atoms with Crippen molar-refractivity contribution in [2.45, 2.75) is 31.5 Å². The third-order valence-electron chi connectivity index (χ3n) is 8.70. The fourth-order valence-electron chi connectivity index (χ4n) is 6.66. The first-order valence-corrected chi connectivity index (χ1v) is 13.5.